The van der Waals surface area contributed by atoms with Crippen molar-refractivity contribution in [2.45, 2.75) is 64.0 Å². The number of hydrogen-bond acceptors (Lipinski definition) is 3. The van der Waals surface area contributed by atoms with Gasteiger partial charge in [-0.15, -0.1) is 0 Å². The normalized spacial score (nSPS) is 18.3. The molecule has 1 atom stereocenters. The van der Waals surface area contributed by atoms with Crippen molar-refractivity contribution in [1.29, 1.82) is 0 Å². The van der Waals surface area contributed by atoms with Crippen molar-refractivity contribution in [3.63, 3.8) is 0 Å². The first-order valence-electron chi connectivity index (χ1n) is 7.81. The number of nitrogens with zero attached hydrogens (tertiary/aromatic N) is 1. The molecule has 0 aliphatic heterocycles. The first-order chi connectivity index (χ1) is 9.78. The maximum absolute atomic E-state index is 6.02. The SMILES string of the molecule is CCC(N)C/C=C/c1cncc(OC2CCCCC2)c1. The van der Waals surface area contributed by atoms with Crippen molar-refractivity contribution in [3.8, 4) is 5.75 Å². The van der Waals surface area contributed by atoms with E-state index in [0.717, 1.165) is 24.2 Å². The van der Waals surface area contributed by atoms with Crippen LogP contribution in [-0.4, -0.2) is 17.1 Å². The lowest BCUT2D eigenvalue weighted by atomic mass is 9.98. The van der Waals surface area contributed by atoms with Crippen LogP contribution in [0.25, 0.3) is 6.08 Å². The van der Waals surface area contributed by atoms with Gasteiger partial charge in [0.25, 0.3) is 0 Å². The van der Waals surface area contributed by atoms with E-state index in [0.29, 0.717) is 6.10 Å². The molecule has 1 fully saturated rings. The van der Waals surface area contributed by atoms with E-state index in [1.165, 1.54) is 32.1 Å². The third-order valence-electron chi connectivity index (χ3n) is 3.86. The van der Waals surface area contributed by atoms with Crippen LogP contribution in [0, 0.1) is 0 Å². The van der Waals surface area contributed by atoms with Gasteiger partial charge in [-0.3, -0.25) is 4.98 Å². The van der Waals surface area contributed by atoms with Gasteiger partial charge in [0, 0.05) is 12.2 Å². The van der Waals surface area contributed by atoms with Crippen LogP contribution in [0.3, 0.4) is 0 Å². The van der Waals surface area contributed by atoms with Crippen LogP contribution < -0.4 is 10.5 Å². The third-order valence-corrected chi connectivity index (χ3v) is 3.86. The molecule has 3 heteroatoms. The molecular formula is C17H26N2O. The van der Waals surface area contributed by atoms with Crippen LogP contribution in [-0.2, 0) is 0 Å². The molecule has 0 bridgehead atoms. The van der Waals surface area contributed by atoms with Crippen molar-refractivity contribution in [3.05, 3.63) is 30.1 Å². The molecule has 0 radical (unpaired) electrons. The molecule has 20 heavy (non-hydrogen) atoms. The average molecular weight is 274 g/mol. The molecule has 0 aromatic carbocycles. The van der Waals surface area contributed by atoms with Gasteiger partial charge in [-0.05, 0) is 50.2 Å². The van der Waals surface area contributed by atoms with Crippen molar-refractivity contribution in [2.75, 3.05) is 0 Å². The molecule has 2 rings (SSSR count). The Labute approximate surface area is 122 Å². The molecular weight excluding hydrogens is 248 g/mol. The number of pyridine rings is 1. The summed E-state index contributed by atoms with van der Waals surface area (Å²) < 4.78 is 6.02. The summed E-state index contributed by atoms with van der Waals surface area (Å²) in [4.78, 5) is 4.26. The minimum absolute atomic E-state index is 0.251. The molecule has 0 amide bonds. The zero-order chi connectivity index (χ0) is 14.2. The number of ether oxygens (including phenoxy) is 1. The smallest absolute Gasteiger partial charge is 0.138 e. The van der Waals surface area contributed by atoms with Crippen LogP contribution in [0.2, 0.25) is 0 Å². The summed E-state index contributed by atoms with van der Waals surface area (Å²) in [6, 6.07) is 2.32. The van der Waals surface area contributed by atoms with Gasteiger partial charge in [0.2, 0.25) is 0 Å². The fraction of sp³-hybridized carbons (Fsp3) is 0.588. The molecule has 1 unspecified atom stereocenters. The molecule has 0 spiro atoms. The monoisotopic (exact) mass is 274 g/mol. The van der Waals surface area contributed by atoms with E-state index in [-0.39, 0.29) is 6.04 Å². The second-order valence-corrected chi connectivity index (χ2v) is 5.64. The molecule has 1 aliphatic carbocycles. The van der Waals surface area contributed by atoms with E-state index in [9.17, 15) is 0 Å². The lowest BCUT2D eigenvalue weighted by Crippen LogP contribution is -2.19. The molecule has 1 heterocycles. The maximum Gasteiger partial charge on any atom is 0.138 e. The Balaban J connectivity index is 1.89. The second-order valence-electron chi connectivity index (χ2n) is 5.64. The van der Waals surface area contributed by atoms with E-state index in [1.807, 2.05) is 12.4 Å². The maximum atomic E-state index is 6.02. The summed E-state index contributed by atoms with van der Waals surface area (Å²) in [7, 11) is 0. The van der Waals surface area contributed by atoms with Gasteiger partial charge in [-0.1, -0.05) is 25.5 Å². The van der Waals surface area contributed by atoms with Crippen molar-refractivity contribution < 1.29 is 4.74 Å². The van der Waals surface area contributed by atoms with Gasteiger partial charge in [0.1, 0.15) is 5.75 Å². The number of hydrogen-bond donors (Lipinski definition) is 1. The number of rotatable bonds is 6. The Bertz CT molecular complexity index is 425. The van der Waals surface area contributed by atoms with Crippen molar-refractivity contribution >= 4 is 6.08 Å². The third kappa shape index (κ3) is 4.97. The fourth-order valence-electron chi connectivity index (χ4n) is 2.51. The van der Waals surface area contributed by atoms with Crippen molar-refractivity contribution in [1.82, 2.24) is 4.98 Å². The van der Waals surface area contributed by atoms with E-state index >= 15 is 0 Å². The van der Waals surface area contributed by atoms with Gasteiger partial charge in [0.15, 0.2) is 0 Å². The first-order valence-corrected chi connectivity index (χ1v) is 7.81. The molecule has 110 valence electrons. The number of nitrogens with two attached hydrogens (primary N) is 1. The van der Waals surface area contributed by atoms with Crippen LogP contribution in [0.4, 0.5) is 0 Å². The molecule has 1 aromatic heterocycles. The Morgan fingerprint density at radius 1 is 1.35 bits per heavy atom. The van der Waals surface area contributed by atoms with Crippen LogP contribution in [0.15, 0.2) is 24.5 Å². The van der Waals surface area contributed by atoms with Gasteiger partial charge in [-0.2, -0.15) is 0 Å². The fourth-order valence-corrected chi connectivity index (χ4v) is 2.51. The summed E-state index contributed by atoms with van der Waals surface area (Å²) in [5.74, 6) is 0.888. The highest BCUT2D eigenvalue weighted by Crippen LogP contribution is 2.23. The van der Waals surface area contributed by atoms with E-state index < -0.39 is 0 Å². The van der Waals surface area contributed by atoms with Gasteiger partial charge in [-0.25, -0.2) is 0 Å². The highest BCUT2D eigenvalue weighted by Gasteiger charge is 2.14. The van der Waals surface area contributed by atoms with Gasteiger partial charge >= 0.3 is 0 Å². The van der Waals surface area contributed by atoms with Crippen LogP contribution in [0.5, 0.6) is 5.75 Å². The summed E-state index contributed by atoms with van der Waals surface area (Å²) >= 11 is 0. The van der Waals surface area contributed by atoms with Crippen LogP contribution in [0.1, 0.15) is 57.4 Å². The summed E-state index contributed by atoms with van der Waals surface area (Å²) in [5, 5.41) is 0. The highest BCUT2D eigenvalue weighted by atomic mass is 16.5. The minimum atomic E-state index is 0.251. The first kappa shape index (κ1) is 15.0. The Morgan fingerprint density at radius 3 is 2.90 bits per heavy atom. The second kappa shape index (κ2) is 8.05. The summed E-state index contributed by atoms with van der Waals surface area (Å²) in [6.45, 7) is 2.11. The van der Waals surface area contributed by atoms with Crippen LogP contribution >= 0.6 is 0 Å². The van der Waals surface area contributed by atoms with Gasteiger partial charge in [0.05, 0.1) is 12.3 Å². The summed E-state index contributed by atoms with van der Waals surface area (Å²) in [6.07, 6.45) is 16.4. The molecule has 3 nitrogen and oxygen atoms in total. The Morgan fingerprint density at radius 2 is 2.15 bits per heavy atom. The predicted molar refractivity (Wildman–Crippen MR) is 83.7 cm³/mol. The lowest BCUT2D eigenvalue weighted by Gasteiger charge is -2.22. The molecule has 2 N–H and O–H groups in total. The quantitative estimate of drug-likeness (QED) is 0.855. The Kier molecular flexibility index (Phi) is 6.06. The highest BCUT2D eigenvalue weighted by molar-refractivity contribution is 5.49. The molecule has 1 aromatic rings. The standard InChI is InChI=1S/C17H26N2O/c1-2-15(18)8-6-7-14-11-17(13-19-12-14)20-16-9-4-3-5-10-16/h6-7,11-13,15-16H,2-5,8-10,18H2,1H3/b7-6+. The molecule has 1 aliphatic rings. The Hall–Kier alpha value is -1.35. The van der Waals surface area contributed by atoms with Gasteiger partial charge < -0.3 is 10.5 Å². The topological polar surface area (TPSA) is 48.1 Å². The molecule has 0 saturated heterocycles. The van der Waals surface area contributed by atoms with Crippen molar-refractivity contribution in [2.24, 2.45) is 5.73 Å². The predicted octanol–water partition coefficient (Wildman–Crippen LogP) is 3.93. The average Bonchev–Trinajstić information content (AvgIpc) is 2.48. The minimum Gasteiger partial charge on any atom is -0.489 e. The zero-order valence-electron chi connectivity index (χ0n) is 12.4. The lowest BCUT2D eigenvalue weighted by molar-refractivity contribution is 0.154. The largest absolute Gasteiger partial charge is 0.489 e. The zero-order valence-corrected chi connectivity index (χ0v) is 12.4. The van der Waals surface area contributed by atoms with E-state index in [4.69, 9.17) is 10.5 Å². The summed E-state index contributed by atoms with van der Waals surface area (Å²) in [5.41, 5.74) is 6.98. The van der Waals surface area contributed by atoms with E-state index in [1.54, 1.807) is 0 Å². The van der Waals surface area contributed by atoms with E-state index in [2.05, 4.69) is 30.1 Å². The number of aromatic nitrogens is 1. The molecule has 1 saturated carbocycles.